The molecular formula is C12H9ClFN3O. The first-order chi connectivity index (χ1) is 8.60. The van der Waals surface area contributed by atoms with E-state index in [1.54, 1.807) is 13.0 Å². The maximum Gasteiger partial charge on any atom is 0.156 e. The van der Waals surface area contributed by atoms with Gasteiger partial charge in [0, 0.05) is 5.69 Å². The predicted molar refractivity (Wildman–Crippen MR) is 66.8 cm³/mol. The third-order valence-electron chi connectivity index (χ3n) is 2.26. The topological polar surface area (TPSA) is 54.9 Å². The first-order valence-electron chi connectivity index (χ1n) is 5.10. The average Bonchev–Trinajstić information content (AvgIpc) is 2.27. The van der Waals surface area contributed by atoms with Gasteiger partial charge in [-0.3, -0.25) is 4.79 Å². The Hall–Kier alpha value is -2.01. The van der Waals surface area contributed by atoms with E-state index >= 15 is 0 Å². The van der Waals surface area contributed by atoms with Crippen molar-refractivity contribution in [3.63, 3.8) is 0 Å². The van der Waals surface area contributed by atoms with Crippen LogP contribution in [0.3, 0.4) is 0 Å². The number of rotatable bonds is 3. The fraction of sp³-hybridized carbons (Fsp3) is 0.0833. The summed E-state index contributed by atoms with van der Waals surface area (Å²) in [5, 5.41) is 2.89. The molecule has 0 bridgehead atoms. The molecule has 0 fully saturated rings. The second-order valence-electron chi connectivity index (χ2n) is 3.69. The maximum atomic E-state index is 13.2. The number of nitrogens with zero attached hydrogens (tertiary/aromatic N) is 2. The lowest BCUT2D eigenvalue weighted by atomic mass is 10.2. The molecule has 92 valence electrons. The first-order valence-corrected chi connectivity index (χ1v) is 5.48. The van der Waals surface area contributed by atoms with Gasteiger partial charge in [-0.15, -0.1) is 0 Å². The Bertz CT molecular complexity index is 584. The number of aldehydes is 1. The number of aryl methyl sites for hydroxylation is 1. The van der Waals surface area contributed by atoms with Gasteiger partial charge in [0.2, 0.25) is 0 Å². The number of benzene rings is 1. The highest BCUT2D eigenvalue weighted by atomic mass is 35.5. The summed E-state index contributed by atoms with van der Waals surface area (Å²) < 4.78 is 13.2. The number of carbonyl (C=O) groups excluding carboxylic acids is 1. The Kier molecular flexibility index (Phi) is 3.53. The lowest BCUT2D eigenvalue weighted by Gasteiger charge is -2.09. The van der Waals surface area contributed by atoms with Gasteiger partial charge in [0.1, 0.15) is 23.1 Å². The summed E-state index contributed by atoms with van der Waals surface area (Å²) in [5.41, 5.74) is 1.39. The zero-order valence-corrected chi connectivity index (χ0v) is 10.2. The summed E-state index contributed by atoms with van der Waals surface area (Å²) in [6.45, 7) is 1.77. The second kappa shape index (κ2) is 5.10. The number of nitrogens with one attached hydrogen (secondary N) is 1. The summed E-state index contributed by atoms with van der Waals surface area (Å²) >= 11 is 5.76. The van der Waals surface area contributed by atoms with E-state index in [-0.39, 0.29) is 22.4 Å². The van der Waals surface area contributed by atoms with Crippen LogP contribution < -0.4 is 5.32 Å². The molecule has 4 nitrogen and oxygen atoms in total. The van der Waals surface area contributed by atoms with Crippen LogP contribution >= 0.6 is 11.6 Å². The fourth-order valence-corrected chi connectivity index (χ4v) is 1.70. The molecule has 0 radical (unpaired) electrons. The Labute approximate surface area is 108 Å². The average molecular weight is 266 g/mol. The molecule has 0 atom stereocenters. The van der Waals surface area contributed by atoms with Gasteiger partial charge >= 0.3 is 0 Å². The Morgan fingerprint density at radius 2 is 2.11 bits per heavy atom. The highest BCUT2D eigenvalue weighted by Gasteiger charge is 2.09. The van der Waals surface area contributed by atoms with Crippen LogP contribution in [0.4, 0.5) is 15.9 Å². The van der Waals surface area contributed by atoms with E-state index in [4.69, 9.17) is 11.6 Å². The van der Waals surface area contributed by atoms with Crippen molar-refractivity contribution >= 4 is 29.4 Å². The quantitative estimate of drug-likeness (QED) is 0.684. The van der Waals surface area contributed by atoms with E-state index in [1.165, 1.54) is 18.5 Å². The fourth-order valence-electron chi connectivity index (χ4n) is 1.52. The Morgan fingerprint density at radius 3 is 2.78 bits per heavy atom. The van der Waals surface area contributed by atoms with Gasteiger partial charge in [-0.25, -0.2) is 14.4 Å². The largest absolute Gasteiger partial charge is 0.339 e. The second-order valence-corrected chi connectivity index (χ2v) is 4.04. The van der Waals surface area contributed by atoms with Gasteiger partial charge in [-0.1, -0.05) is 11.6 Å². The van der Waals surface area contributed by atoms with Gasteiger partial charge in [0.25, 0.3) is 0 Å². The van der Waals surface area contributed by atoms with Crippen molar-refractivity contribution in [2.45, 2.75) is 6.92 Å². The third-order valence-corrected chi connectivity index (χ3v) is 2.56. The van der Waals surface area contributed by atoms with Gasteiger partial charge in [0.15, 0.2) is 6.29 Å². The zero-order valence-electron chi connectivity index (χ0n) is 9.45. The number of anilines is 2. The van der Waals surface area contributed by atoms with Gasteiger partial charge in [-0.05, 0) is 30.7 Å². The molecule has 2 rings (SSSR count). The molecule has 1 aromatic heterocycles. The zero-order chi connectivity index (χ0) is 13.1. The molecule has 0 saturated carbocycles. The first kappa shape index (κ1) is 12.4. The molecule has 18 heavy (non-hydrogen) atoms. The number of hydrogen-bond donors (Lipinski definition) is 1. The summed E-state index contributed by atoms with van der Waals surface area (Å²) in [6, 6.07) is 4.43. The lowest BCUT2D eigenvalue weighted by Crippen LogP contribution is -2.01. The van der Waals surface area contributed by atoms with E-state index < -0.39 is 0 Å². The van der Waals surface area contributed by atoms with Crippen LogP contribution in [0.5, 0.6) is 0 Å². The minimum Gasteiger partial charge on any atom is -0.339 e. The number of halogens is 2. The minimum absolute atomic E-state index is 0.0515. The van der Waals surface area contributed by atoms with E-state index in [2.05, 4.69) is 15.3 Å². The molecular weight excluding hydrogens is 257 g/mol. The highest BCUT2D eigenvalue weighted by molar-refractivity contribution is 6.32. The van der Waals surface area contributed by atoms with E-state index in [1.807, 2.05) is 0 Å². The van der Waals surface area contributed by atoms with Crippen LogP contribution in [0.15, 0.2) is 24.5 Å². The van der Waals surface area contributed by atoms with Gasteiger partial charge in [-0.2, -0.15) is 0 Å². The van der Waals surface area contributed by atoms with Crippen LogP contribution in [0.1, 0.15) is 15.9 Å². The van der Waals surface area contributed by atoms with Crippen LogP contribution in [-0.2, 0) is 0 Å². The summed E-state index contributed by atoms with van der Waals surface area (Å²) in [4.78, 5) is 18.5. The van der Waals surface area contributed by atoms with Gasteiger partial charge < -0.3 is 5.32 Å². The predicted octanol–water partition coefficient (Wildman–Crippen LogP) is 3.13. The molecule has 1 N–H and O–H groups in total. The maximum absolute atomic E-state index is 13.2. The van der Waals surface area contributed by atoms with Crippen molar-refractivity contribution in [2.24, 2.45) is 0 Å². The van der Waals surface area contributed by atoms with Crippen LogP contribution in [0.2, 0.25) is 5.15 Å². The molecule has 2 aromatic rings. The molecule has 6 heteroatoms. The SMILES string of the molecule is Cc1cc(F)cc(Nc2ncnc(Cl)c2C=O)c1. The summed E-state index contributed by atoms with van der Waals surface area (Å²) in [5.74, 6) is -0.125. The Balaban J connectivity index is 2.39. The third kappa shape index (κ3) is 2.62. The molecule has 0 aliphatic rings. The molecule has 0 amide bonds. The summed E-state index contributed by atoms with van der Waals surface area (Å²) in [7, 11) is 0. The smallest absolute Gasteiger partial charge is 0.156 e. The molecule has 0 unspecified atom stereocenters. The minimum atomic E-state index is -0.370. The van der Waals surface area contributed by atoms with Crippen molar-refractivity contribution in [1.29, 1.82) is 0 Å². The van der Waals surface area contributed by atoms with Crippen molar-refractivity contribution in [3.8, 4) is 0 Å². The standard InChI is InChI=1S/C12H9ClFN3O/c1-7-2-8(14)4-9(3-7)17-12-10(5-18)11(13)15-6-16-12/h2-6H,1H3,(H,15,16,17). The summed E-state index contributed by atoms with van der Waals surface area (Å²) in [6.07, 6.45) is 1.78. The van der Waals surface area contributed by atoms with E-state index in [9.17, 15) is 9.18 Å². The van der Waals surface area contributed by atoms with Crippen LogP contribution in [-0.4, -0.2) is 16.3 Å². The van der Waals surface area contributed by atoms with Crippen molar-refractivity contribution in [2.75, 3.05) is 5.32 Å². The molecule has 0 spiro atoms. The Morgan fingerprint density at radius 1 is 1.33 bits per heavy atom. The van der Waals surface area contributed by atoms with Crippen LogP contribution in [0, 0.1) is 12.7 Å². The van der Waals surface area contributed by atoms with Crippen LogP contribution in [0.25, 0.3) is 0 Å². The lowest BCUT2D eigenvalue weighted by molar-refractivity contribution is 0.112. The van der Waals surface area contributed by atoms with Gasteiger partial charge in [0.05, 0.1) is 5.56 Å². The number of aromatic nitrogens is 2. The van der Waals surface area contributed by atoms with E-state index in [0.29, 0.717) is 12.0 Å². The monoisotopic (exact) mass is 265 g/mol. The molecule has 1 aromatic carbocycles. The van der Waals surface area contributed by atoms with Crippen molar-refractivity contribution < 1.29 is 9.18 Å². The van der Waals surface area contributed by atoms with E-state index in [0.717, 1.165) is 5.56 Å². The molecule has 0 saturated heterocycles. The molecule has 0 aliphatic carbocycles. The number of carbonyl (C=O) groups is 1. The van der Waals surface area contributed by atoms with Crippen molar-refractivity contribution in [1.82, 2.24) is 9.97 Å². The number of hydrogen-bond acceptors (Lipinski definition) is 4. The normalized spacial score (nSPS) is 10.2. The molecule has 0 aliphatic heterocycles. The molecule has 1 heterocycles. The highest BCUT2D eigenvalue weighted by Crippen LogP contribution is 2.22. The van der Waals surface area contributed by atoms with Crippen molar-refractivity contribution in [3.05, 3.63) is 46.6 Å².